The highest BCUT2D eigenvalue weighted by molar-refractivity contribution is 9.10. The normalized spacial score (nSPS) is 17.6. The van der Waals surface area contributed by atoms with E-state index in [1.165, 1.54) is 0 Å². The maximum absolute atomic E-state index is 12.5. The van der Waals surface area contributed by atoms with Gasteiger partial charge in [-0.25, -0.2) is 0 Å². The number of carboxylic acid groups (broad SMARTS) is 1. The molecule has 1 unspecified atom stereocenters. The smallest absolute Gasteiger partial charge is 0.328 e. The fraction of sp³-hybridized carbons (Fsp3) is 0.500. The molecule has 1 aromatic rings. The molecular weight excluding hydrogens is 336 g/mol. The van der Waals surface area contributed by atoms with Crippen LogP contribution >= 0.6 is 15.9 Å². The van der Waals surface area contributed by atoms with Crippen molar-refractivity contribution >= 4 is 27.9 Å². The number of hydrogen-bond donors (Lipinski definition) is 1. The van der Waals surface area contributed by atoms with Gasteiger partial charge in [0.2, 0.25) is 0 Å². The third kappa shape index (κ3) is 3.12. The van der Waals surface area contributed by atoms with Crippen molar-refractivity contribution in [2.75, 3.05) is 6.61 Å². The molecule has 5 heteroatoms. The van der Waals surface area contributed by atoms with Gasteiger partial charge in [-0.1, -0.05) is 47.3 Å². The lowest BCUT2D eigenvalue weighted by atomic mass is 9.68. The number of carbonyl (C=O) groups is 2. The van der Waals surface area contributed by atoms with Crippen LogP contribution in [0.2, 0.25) is 0 Å². The zero-order valence-electron chi connectivity index (χ0n) is 12.0. The fourth-order valence-electron chi connectivity index (χ4n) is 2.74. The molecule has 1 atom stereocenters. The molecule has 0 spiro atoms. The summed E-state index contributed by atoms with van der Waals surface area (Å²) in [5.41, 5.74) is -1.11. The van der Waals surface area contributed by atoms with Crippen molar-refractivity contribution in [3.05, 3.63) is 34.3 Å². The predicted octanol–water partition coefficient (Wildman–Crippen LogP) is 3.52. The first-order valence-electron chi connectivity index (χ1n) is 7.17. The van der Waals surface area contributed by atoms with Crippen LogP contribution in [0.1, 0.15) is 38.2 Å². The van der Waals surface area contributed by atoms with E-state index in [9.17, 15) is 14.7 Å². The van der Waals surface area contributed by atoms with Crippen LogP contribution in [-0.4, -0.2) is 23.7 Å². The average molecular weight is 355 g/mol. The summed E-state index contributed by atoms with van der Waals surface area (Å²) in [5.74, 6) is -1.52. The Bertz CT molecular complexity index is 522. The first kappa shape index (κ1) is 16.0. The Labute approximate surface area is 132 Å². The van der Waals surface area contributed by atoms with E-state index in [-0.39, 0.29) is 12.5 Å². The van der Waals surface area contributed by atoms with Crippen molar-refractivity contribution in [1.29, 1.82) is 0 Å². The van der Waals surface area contributed by atoms with Crippen molar-refractivity contribution < 1.29 is 19.4 Å². The van der Waals surface area contributed by atoms with Gasteiger partial charge in [0.1, 0.15) is 0 Å². The Morgan fingerprint density at radius 3 is 2.38 bits per heavy atom. The topological polar surface area (TPSA) is 63.6 Å². The molecule has 21 heavy (non-hydrogen) atoms. The van der Waals surface area contributed by atoms with Crippen molar-refractivity contribution in [1.82, 2.24) is 0 Å². The van der Waals surface area contributed by atoms with E-state index in [0.29, 0.717) is 12.0 Å². The van der Waals surface area contributed by atoms with Crippen molar-refractivity contribution in [3.8, 4) is 0 Å². The average Bonchev–Trinajstić information content (AvgIpc) is 2.39. The molecular formula is C16H19BrO4. The van der Waals surface area contributed by atoms with Crippen molar-refractivity contribution in [2.24, 2.45) is 5.92 Å². The van der Waals surface area contributed by atoms with Crippen LogP contribution in [-0.2, 0) is 19.7 Å². The van der Waals surface area contributed by atoms with Gasteiger partial charge in [0.15, 0.2) is 5.41 Å². The number of carbonyl (C=O) groups excluding carboxylic acids is 1. The molecule has 2 rings (SSSR count). The van der Waals surface area contributed by atoms with Crippen LogP contribution in [0.15, 0.2) is 28.7 Å². The number of esters is 1. The van der Waals surface area contributed by atoms with Gasteiger partial charge in [0.05, 0.1) is 6.61 Å². The van der Waals surface area contributed by atoms with Crippen LogP contribution < -0.4 is 0 Å². The quantitative estimate of drug-likeness (QED) is 0.626. The second-order valence-electron chi connectivity index (χ2n) is 5.44. The molecule has 0 heterocycles. The van der Waals surface area contributed by atoms with Crippen LogP contribution in [0.4, 0.5) is 0 Å². The second-order valence-corrected chi connectivity index (χ2v) is 6.35. The van der Waals surface area contributed by atoms with Gasteiger partial charge in [-0.3, -0.25) is 9.59 Å². The third-order valence-electron chi connectivity index (χ3n) is 4.15. The van der Waals surface area contributed by atoms with Gasteiger partial charge in [-0.15, -0.1) is 0 Å². The second kappa shape index (κ2) is 6.60. The molecule has 114 valence electrons. The molecule has 1 fully saturated rings. The van der Waals surface area contributed by atoms with E-state index in [1.54, 1.807) is 31.2 Å². The largest absolute Gasteiger partial charge is 0.480 e. The summed E-state index contributed by atoms with van der Waals surface area (Å²) < 4.78 is 5.94. The lowest BCUT2D eigenvalue weighted by Crippen LogP contribution is -2.47. The summed E-state index contributed by atoms with van der Waals surface area (Å²) >= 11 is 3.33. The standard InChI is InChI=1S/C16H19BrO4/c1-2-21-15(20)16(14(18)19,10-11-4-3-5-11)12-6-8-13(17)9-7-12/h6-9,11H,2-5,10H2,1H3,(H,18,19). The lowest BCUT2D eigenvalue weighted by Gasteiger charge is -2.35. The summed E-state index contributed by atoms with van der Waals surface area (Å²) in [6.45, 7) is 1.87. The van der Waals surface area contributed by atoms with Crippen LogP contribution in [0.3, 0.4) is 0 Å². The molecule has 0 bridgehead atoms. The first-order valence-corrected chi connectivity index (χ1v) is 7.96. The Hall–Kier alpha value is -1.36. The van der Waals surface area contributed by atoms with E-state index in [4.69, 9.17) is 4.74 Å². The molecule has 0 aliphatic heterocycles. The van der Waals surface area contributed by atoms with Gasteiger partial charge >= 0.3 is 11.9 Å². The van der Waals surface area contributed by atoms with Gasteiger partial charge in [0.25, 0.3) is 0 Å². The molecule has 0 radical (unpaired) electrons. The van der Waals surface area contributed by atoms with E-state index >= 15 is 0 Å². The summed E-state index contributed by atoms with van der Waals surface area (Å²) in [4.78, 5) is 24.4. The minimum Gasteiger partial charge on any atom is -0.480 e. The van der Waals surface area contributed by atoms with Gasteiger partial charge in [-0.05, 0) is 37.0 Å². The molecule has 1 aliphatic rings. The molecule has 0 aromatic heterocycles. The Morgan fingerprint density at radius 2 is 1.95 bits per heavy atom. The number of ether oxygens (including phenoxy) is 1. The van der Waals surface area contributed by atoms with Gasteiger partial charge in [-0.2, -0.15) is 0 Å². The minimum absolute atomic E-state index is 0.176. The van der Waals surface area contributed by atoms with Crippen molar-refractivity contribution in [3.63, 3.8) is 0 Å². The highest BCUT2D eigenvalue weighted by atomic mass is 79.9. The Balaban J connectivity index is 2.45. The maximum atomic E-state index is 12.5. The number of hydrogen-bond acceptors (Lipinski definition) is 3. The SMILES string of the molecule is CCOC(=O)C(CC1CCC1)(C(=O)O)c1ccc(Br)cc1. The number of halogens is 1. The summed E-state index contributed by atoms with van der Waals surface area (Å²) in [6.07, 6.45) is 3.36. The summed E-state index contributed by atoms with van der Waals surface area (Å²) in [5, 5.41) is 9.80. The Morgan fingerprint density at radius 1 is 1.33 bits per heavy atom. The van der Waals surface area contributed by atoms with E-state index in [0.717, 1.165) is 23.7 Å². The van der Waals surface area contributed by atoms with Crippen LogP contribution in [0.25, 0.3) is 0 Å². The maximum Gasteiger partial charge on any atom is 0.328 e. The molecule has 0 saturated heterocycles. The van der Waals surface area contributed by atoms with Gasteiger partial charge < -0.3 is 9.84 Å². The molecule has 4 nitrogen and oxygen atoms in total. The number of benzene rings is 1. The van der Waals surface area contributed by atoms with E-state index in [1.807, 2.05) is 0 Å². The van der Waals surface area contributed by atoms with Gasteiger partial charge in [0, 0.05) is 4.47 Å². The zero-order valence-corrected chi connectivity index (χ0v) is 13.6. The lowest BCUT2D eigenvalue weighted by molar-refractivity contribution is -0.163. The summed E-state index contributed by atoms with van der Waals surface area (Å²) in [6, 6.07) is 6.89. The molecule has 1 N–H and O–H groups in total. The Kier molecular flexibility index (Phi) is 5.04. The summed E-state index contributed by atoms with van der Waals surface area (Å²) in [7, 11) is 0. The van der Waals surface area contributed by atoms with E-state index < -0.39 is 17.4 Å². The molecule has 1 aromatic carbocycles. The predicted molar refractivity (Wildman–Crippen MR) is 82.0 cm³/mol. The number of aliphatic carboxylic acids is 1. The zero-order chi connectivity index (χ0) is 15.5. The molecule has 1 saturated carbocycles. The fourth-order valence-corrected chi connectivity index (χ4v) is 3.00. The van der Waals surface area contributed by atoms with Crippen molar-refractivity contribution in [2.45, 2.75) is 38.0 Å². The minimum atomic E-state index is -1.60. The monoisotopic (exact) mass is 354 g/mol. The highest BCUT2D eigenvalue weighted by Gasteiger charge is 2.51. The number of rotatable bonds is 6. The molecule has 0 amide bonds. The number of carboxylic acids is 1. The first-order chi connectivity index (χ1) is 10.0. The highest BCUT2D eigenvalue weighted by Crippen LogP contribution is 2.41. The van der Waals surface area contributed by atoms with E-state index in [2.05, 4.69) is 15.9 Å². The third-order valence-corrected chi connectivity index (χ3v) is 4.67. The van der Waals surface area contributed by atoms with Crippen LogP contribution in [0, 0.1) is 5.92 Å². The van der Waals surface area contributed by atoms with Crippen LogP contribution in [0.5, 0.6) is 0 Å². The molecule has 1 aliphatic carbocycles.